The minimum Gasteiger partial charge on any atom is -0.496 e. The van der Waals surface area contributed by atoms with Crippen molar-refractivity contribution in [3.8, 4) is 28.3 Å². The van der Waals surface area contributed by atoms with Crippen molar-refractivity contribution in [1.29, 1.82) is 0 Å². The number of nitrogens with zero attached hydrogens (tertiary/aromatic N) is 1. The summed E-state index contributed by atoms with van der Waals surface area (Å²) in [5.41, 5.74) is -0.200. The normalized spacial score (nSPS) is 14.6. The average molecular weight is 699 g/mol. The molecular formula is C29H23F9N2O6S. The molecule has 0 aliphatic rings. The Kier molecular flexibility index (Phi) is 8.54. The van der Waals surface area contributed by atoms with Crippen LogP contribution in [-0.2, 0) is 15.5 Å². The molecule has 254 valence electrons. The molecule has 0 bridgehead atoms. The summed E-state index contributed by atoms with van der Waals surface area (Å²) in [6.07, 6.45) is -13.3. The van der Waals surface area contributed by atoms with Gasteiger partial charge in [0.05, 0.1) is 12.8 Å². The molecule has 8 nitrogen and oxygen atoms in total. The summed E-state index contributed by atoms with van der Waals surface area (Å²) in [6, 6.07) is 10.9. The fourth-order valence-corrected chi connectivity index (χ4v) is 5.84. The van der Waals surface area contributed by atoms with E-state index < -0.39 is 55.8 Å². The molecule has 4 aromatic rings. The van der Waals surface area contributed by atoms with Gasteiger partial charge in [-0.05, 0) is 52.1 Å². The first kappa shape index (κ1) is 35.4. The average Bonchev–Trinajstić information content (AvgIpc) is 2.93. The third-order valence-corrected chi connectivity index (χ3v) is 8.57. The second kappa shape index (κ2) is 11.3. The molecule has 0 amide bonds. The van der Waals surface area contributed by atoms with Gasteiger partial charge in [-0.2, -0.15) is 43.5 Å². The predicted octanol–water partition coefficient (Wildman–Crippen LogP) is 6.79. The zero-order valence-corrected chi connectivity index (χ0v) is 25.3. The number of hydrogen-bond donors (Lipinski definition) is 1. The molecule has 1 atom stereocenters. The fourth-order valence-electron chi connectivity index (χ4n) is 4.65. The van der Waals surface area contributed by atoms with E-state index in [1.807, 2.05) is 20.8 Å². The van der Waals surface area contributed by atoms with E-state index in [0.29, 0.717) is 40.3 Å². The second-order valence-corrected chi connectivity index (χ2v) is 12.9. The number of aromatic nitrogens is 2. The summed E-state index contributed by atoms with van der Waals surface area (Å²) in [5.74, 6) is -8.27. The van der Waals surface area contributed by atoms with Crippen molar-refractivity contribution in [3.63, 3.8) is 0 Å². The lowest BCUT2D eigenvalue weighted by atomic mass is 9.83. The van der Waals surface area contributed by atoms with Crippen molar-refractivity contribution in [2.45, 2.75) is 49.5 Å². The summed E-state index contributed by atoms with van der Waals surface area (Å²) < 4.78 is 155. The summed E-state index contributed by atoms with van der Waals surface area (Å²) in [4.78, 5) is 26.3. The Hall–Kier alpha value is -4.48. The fraction of sp³-hybridized carbons (Fsp3) is 0.310. The van der Waals surface area contributed by atoms with Crippen LogP contribution in [0.3, 0.4) is 0 Å². The molecule has 0 saturated carbocycles. The molecule has 47 heavy (non-hydrogen) atoms. The van der Waals surface area contributed by atoms with Gasteiger partial charge in [-0.1, -0.05) is 39.0 Å². The van der Waals surface area contributed by atoms with Gasteiger partial charge < -0.3 is 8.92 Å². The van der Waals surface area contributed by atoms with E-state index in [-0.39, 0.29) is 10.8 Å². The summed E-state index contributed by atoms with van der Waals surface area (Å²) >= 11 is 0. The molecule has 0 saturated heterocycles. The smallest absolute Gasteiger partial charge is 0.458 e. The number of aromatic amines is 1. The molecule has 0 fully saturated rings. The molecule has 4 rings (SSSR count). The SMILES string of the molecule is COc1c(-c2ccc3cc(OS(=O)(=O)C(F)(C(F)(F)F)C(F)(F)C(F)(F)F)ccc3c2)cc(-n2ccc(=O)[nH]c2=O)cc1C(C)(C)C. The molecule has 18 heteroatoms. The van der Waals surface area contributed by atoms with Crippen molar-refractivity contribution >= 4 is 20.9 Å². The zero-order chi connectivity index (χ0) is 35.5. The first-order valence-electron chi connectivity index (χ1n) is 13.1. The minimum atomic E-state index is -7.44. The van der Waals surface area contributed by atoms with E-state index in [2.05, 4.69) is 9.17 Å². The van der Waals surface area contributed by atoms with E-state index in [9.17, 15) is 57.5 Å². The lowest BCUT2D eigenvalue weighted by Crippen LogP contribution is -2.66. The monoisotopic (exact) mass is 698 g/mol. The number of halogens is 9. The molecule has 1 unspecified atom stereocenters. The Morgan fingerprint density at radius 2 is 1.36 bits per heavy atom. The number of fused-ring (bicyclic) bond motifs is 1. The van der Waals surface area contributed by atoms with Crippen LogP contribution in [0.4, 0.5) is 39.5 Å². The van der Waals surface area contributed by atoms with Gasteiger partial charge in [0, 0.05) is 23.4 Å². The highest BCUT2D eigenvalue weighted by atomic mass is 32.2. The zero-order valence-electron chi connectivity index (χ0n) is 24.5. The minimum absolute atomic E-state index is 0.0106. The number of nitrogens with one attached hydrogen (secondary N) is 1. The van der Waals surface area contributed by atoms with Crippen molar-refractivity contribution < 1.29 is 56.9 Å². The van der Waals surface area contributed by atoms with Crippen LogP contribution in [-0.4, -0.2) is 48.4 Å². The summed E-state index contributed by atoms with van der Waals surface area (Å²) in [5, 5.41) is -6.98. The van der Waals surface area contributed by atoms with Crippen LogP contribution in [0.15, 0.2) is 70.4 Å². The van der Waals surface area contributed by atoms with Crippen LogP contribution in [0.5, 0.6) is 11.5 Å². The molecule has 1 N–H and O–H groups in total. The Morgan fingerprint density at radius 1 is 0.766 bits per heavy atom. The quantitative estimate of drug-likeness (QED) is 0.168. The van der Waals surface area contributed by atoms with Crippen LogP contribution in [0.1, 0.15) is 26.3 Å². The molecule has 1 heterocycles. The van der Waals surface area contributed by atoms with E-state index in [1.54, 1.807) is 12.1 Å². The first-order chi connectivity index (χ1) is 21.4. The predicted molar refractivity (Wildman–Crippen MR) is 151 cm³/mol. The number of methoxy groups -OCH3 is 1. The molecule has 0 aliphatic heterocycles. The van der Waals surface area contributed by atoms with E-state index >= 15 is 0 Å². The van der Waals surface area contributed by atoms with Crippen molar-refractivity contribution in [3.05, 3.63) is 87.2 Å². The van der Waals surface area contributed by atoms with Crippen LogP contribution in [0.2, 0.25) is 0 Å². The third kappa shape index (κ3) is 6.05. The van der Waals surface area contributed by atoms with Crippen LogP contribution in [0, 0.1) is 0 Å². The second-order valence-electron chi connectivity index (χ2n) is 11.2. The lowest BCUT2D eigenvalue weighted by molar-refractivity contribution is -0.359. The number of hydrogen-bond acceptors (Lipinski definition) is 6. The van der Waals surface area contributed by atoms with Gasteiger partial charge >= 0.3 is 39.1 Å². The van der Waals surface area contributed by atoms with Gasteiger partial charge in [-0.25, -0.2) is 9.18 Å². The number of rotatable bonds is 7. The molecule has 0 aliphatic carbocycles. The highest BCUT2D eigenvalue weighted by molar-refractivity contribution is 7.88. The van der Waals surface area contributed by atoms with E-state index in [1.165, 1.54) is 36.1 Å². The van der Waals surface area contributed by atoms with Gasteiger partial charge in [0.2, 0.25) is 0 Å². The Labute approximate surface area is 259 Å². The standard InChI is InChI=1S/C29H23F9N2O6S/c1-25(2,3)21-14-18(40-10-9-22(41)39-24(40)42)13-20(23(21)45-4)17-6-5-16-12-19(8-7-15(16)11-17)46-47(43,44)27(32,29(36,37)38)26(30,31)28(33,34)35/h5-14H,1-4H3,(H,39,41,42). The van der Waals surface area contributed by atoms with Crippen molar-refractivity contribution in [2.75, 3.05) is 7.11 Å². The van der Waals surface area contributed by atoms with Crippen LogP contribution < -0.4 is 20.2 Å². The van der Waals surface area contributed by atoms with Crippen LogP contribution >= 0.6 is 0 Å². The third-order valence-electron chi connectivity index (χ3n) is 6.99. The van der Waals surface area contributed by atoms with E-state index in [0.717, 1.165) is 12.1 Å². The largest absolute Gasteiger partial charge is 0.496 e. The topological polar surface area (TPSA) is 107 Å². The number of ether oxygens (including phenoxy) is 1. The maximum atomic E-state index is 14.6. The Bertz CT molecular complexity index is 2080. The van der Waals surface area contributed by atoms with Gasteiger partial charge in [0.25, 0.3) is 5.56 Å². The van der Waals surface area contributed by atoms with Gasteiger partial charge in [0.15, 0.2) is 0 Å². The first-order valence-corrected chi connectivity index (χ1v) is 14.5. The Morgan fingerprint density at radius 3 is 1.89 bits per heavy atom. The highest BCUT2D eigenvalue weighted by Crippen LogP contribution is 2.56. The van der Waals surface area contributed by atoms with Crippen molar-refractivity contribution in [1.82, 2.24) is 9.55 Å². The summed E-state index contributed by atoms with van der Waals surface area (Å²) in [6.45, 7) is 5.58. The van der Waals surface area contributed by atoms with E-state index in [4.69, 9.17) is 4.74 Å². The summed E-state index contributed by atoms with van der Waals surface area (Å²) in [7, 11) is -6.00. The Balaban J connectivity index is 1.85. The number of alkyl halides is 9. The molecule has 0 spiro atoms. The highest BCUT2D eigenvalue weighted by Gasteiger charge is 2.88. The molecular weight excluding hydrogens is 675 g/mol. The molecule has 1 aromatic heterocycles. The van der Waals surface area contributed by atoms with Gasteiger partial charge in [0.1, 0.15) is 11.5 Å². The van der Waals surface area contributed by atoms with Gasteiger partial charge in [-0.15, -0.1) is 0 Å². The van der Waals surface area contributed by atoms with Gasteiger partial charge in [-0.3, -0.25) is 14.3 Å². The maximum absolute atomic E-state index is 14.6. The van der Waals surface area contributed by atoms with Crippen LogP contribution in [0.25, 0.3) is 27.6 Å². The maximum Gasteiger partial charge on any atom is 0.458 e. The number of H-pyrrole nitrogens is 1. The molecule has 0 radical (unpaired) electrons. The number of benzene rings is 3. The molecule has 3 aromatic carbocycles. The van der Waals surface area contributed by atoms with Crippen molar-refractivity contribution in [2.24, 2.45) is 0 Å². The lowest BCUT2D eigenvalue weighted by Gasteiger charge is -2.34.